The van der Waals surface area contributed by atoms with Crippen LogP contribution in [0.25, 0.3) is 0 Å². The number of rotatable bonds is 3. The molecule has 1 aliphatic heterocycles. The van der Waals surface area contributed by atoms with Crippen LogP contribution in [0.3, 0.4) is 0 Å². The van der Waals surface area contributed by atoms with Gasteiger partial charge in [-0.15, -0.1) is 0 Å². The van der Waals surface area contributed by atoms with Gasteiger partial charge in [-0.3, -0.25) is 0 Å². The predicted octanol–water partition coefficient (Wildman–Crippen LogP) is 3.14. The Kier molecular flexibility index (Phi) is 4.24. The second-order valence-corrected chi connectivity index (χ2v) is 5.35. The SMILES string of the molecule is Cc1ccc(Br)cc1OCC1CCCNC1. The van der Waals surface area contributed by atoms with Gasteiger partial charge in [-0.1, -0.05) is 22.0 Å². The smallest absolute Gasteiger partial charge is 0.123 e. The Bertz CT molecular complexity index is 348. The molecule has 0 amide bonds. The maximum absolute atomic E-state index is 5.89. The van der Waals surface area contributed by atoms with Gasteiger partial charge in [0.2, 0.25) is 0 Å². The number of nitrogens with one attached hydrogen (secondary N) is 1. The monoisotopic (exact) mass is 283 g/mol. The van der Waals surface area contributed by atoms with Gasteiger partial charge in [0.25, 0.3) is 0 Å². The first-order chi connectivity index (χ1) is 7.75. The lowest BCUT2D eigenvalue weighted by Gasteiger charge is -2.23. The van der Waals surface area contributed by atoms with E-state index in [1.807, 2.05) is 12.1 Å². The number of aryl methyl sites for hydroxylation is 1. The number of piperidine rings is 1. The first kappa shape index (κ1) is 11.9. The van der Waals surface area contributed by atoms with Gasteiger partial charge in [-0.05, 0) is 44.0 Å². The molecule has 0 aliphatic carbocycles. The lowest BCUT2D eigenvalue weighted by atomic mass is 10.0. The molecular weight excluding hydrogens is 266 g/mol. The van der Waals surface area contributed by atoms with Gasteiger partial charge in [0.05, 0.1) is 6.61 Å². The summed E-state index contributed by atoms with van der Waals surface area (Å²) in [6.07, 6.45) is 2.55. The Balaban J connectivity index is 1.90. The van der Waals surface area contributed by atoms with Crippen molar-refractivity contribution in [2.75, 3.05) is 19.7 Å². The highest BCUT2D eigenvalue weighted by Gasteiger charge is 2.13. The summed E-state index contributed by atoms with van der Waals surface area (Å²) >= 11 is 3.47. The first-order valence-corrected chi connectivity index (χ1v) is 6.64. The third-order valence-electron chi connectivity index (χ3n) is 3.02. The Hall–Kier alpha value is -0.540. The van der Waals surface area contributed by atoms with Crippen LogP contribution in [0.2, 0.25) is 0 Å². The van der Waals surface area contributed by atoms with Crippen LogP contribution in [0.5, 0.6) is 5.75 Å². The molecule has 1 aromatic carbocycles. The van der Waals surface area contributed by atoms with E-state index in [9.17, 15) is 0 Å². The summed E-state index contributed by atoms with van der Waals surface area (Å²) in [7, 11) is 0. The minimum Gasteiger partial charge on any atom is -0.493 e. The number of hydrogen-bond donors (Lipinski definition) is 1. The molecule has 1 N–H and O–H groups in total. The Morgan fingerprint density at radius 2 is 2.38 bits per heavy atom. The average Bonchev–Trinajstić information content (AvgIpc) is 2.32. The lowest BCUT2D eigenvalue weighted by Crippen LogP contribution is -2.33. The Labute approximate surface area is 106 Å². The molecule has 0 aromatic heterocycles. The van der Waals surface area contributed by atoms with Crippen molar-refractivity contribution in [3.63, 3.8) is 0 Å². The molecule has 1 heterocycles. The number of hydrogen-bond acceptors (Lipinski definition) is 2. The van der Waals surface area contributed by atoms with Crippen molar-refractivity contribution in [3.8, 4) is 5.75 Å². The molecule has 0 bridgehead atoms. The number of ether oxygens (including phenoxy) is 1. The fourth-order valence-corrected chi connectivity index (χ4v) is 2.34. The Morgan fingerprint density at radius 3 is 3.12 bits per heavy atom. The molecule has 0 spiro atoms. The van der Waals surface area contributed by atoms with Gasteiger partial charge in [-0.25, -0.2) is 0 Å². The van der Waals surface area contributed by atoms with Gasteiger partial charge < -0.3 is 10.1 Å². The van der Waals surface area contributed by atoms with Crippen LogP contribution in [-0.4, -0.2) is 19.7 Å². The van der Waals surface area contributed by atoms with E-state index in [0.29, 0.717) is 5.92 Å². The zero-order chi connectivity index (χ0) is 11.4. The zero-order valence-corrected chi connectivity index (χ0v) is 11.2. The predicted molar refractivity (Wildman–Crippen MR) is 70.0 cm³/mol. The van der Waals surface area contributed by atoms with Crippen molar-refractivity contribution >= 4 is 15.9 Å². The van der Waals surface area contributed by atoms with Crippen LogP contribution in [0.15, 0.2) is 22.7 Å². The van der Waals surface area contributed by atoms with Crippen molar-refractivity contribution in [2.45, 2.75) is 19.8 Å². The number of benzene rings is 1. The summed E-state index contributed by atoms with van der Waals surface area (Å²) in [6.45, 7) is 5.16. The third kappa shape index (κ3) is 3.22. The summed E-state index contributed by atoms with van der Waals surface area (Å²) in [5, 5.41) is 3.41. The highest BCUT2D eigenvalue weighted by molar-refractivity contribution is 9.10. The van der Waals surface area contributed by atoms with E-state index in [2.05, 4.69) is 34.2 Å². The Morgan fingerprint density at radius 1 is 1.50 bits per heavy atom. The fraction of sp³-hybridized carbons (Fsp3) is 0.538. The maximum atomic E-state index is 5.89. The van der Waals surface area contributed by atoms with Crippen molar-refractivity contribution in [2.24, 2.45) is 5.92 Å². The molecule has 0 radical (unpaired) electrons. The van der Waals surface area contributed by atoms with Crippen LogP contribution in [0, 0.1) is 12.8 Å². The largest absolute Gasteiger partial charge is 0.493 e. The number of halogens is 1. The molecule has 1 saturated heterocycles. The molecular formula is C13H18BrNO. The van der Waals surface area contributed by atoms with Crippen LogP contribution in [0.1, 0.15) is 18.4 Å². The molecule has 1 fully saturated rings. The summed E-state index contributed by atoms with van der Waals surface area (Å²) in [6, 6.07) is 6.18. The van der Waals surface area contributed by atoms with Crippen molar-refractivity contribution < 1.29 is 4.74 Å². The second kappa shape index (κ2) is 5.69. The second-order valence-electron chi connectivity index (χ2n) is 4.43. The van der Waals surface area contributed by atoms with Gasteiger partial charge in [0, 0.05) is 16.9 Å². The summed E-state index contributed by atoms with van der Waals surface area (Å²) in [4.78, 5) is 0. The van der Waals surface area contributed by atoms with E-state index in [1.54, 1.807) is 0 Å². The van der Waals surface area contributed by atoms with E-state index >= 15 is 0 Å². The summed E-state index contributed by atoms with van der Waals surface area (Å²) < 4.78 is 6.97. The molecule has 1 atom stereocenters. The van der Waals surface area contributed by atoms with E-state index in [4.69, 9.17) is 4.74 Å². The highest BCUT2D eigenvalue weighted by Crippen LogP contribution is 2.24. The van der Waals surface area contributed by atoms with Gasteiger partial charge >= 0.3 is 0 Å². The molecule has 1 aromatic rings. The van der Waals surface area contributed by atoms with E-state index < -0.39 is 0 Å². The summed E-state index contributed by atoms with van der Waals surface area (Å²) in [5.41, 5.74) is 1.20. The fourth-order valence-electron chi connectivity index (χ4n) is 2.00. The van der Waals surface area contributed by atoms with Crippen molar-refractivity contribution in [3.05, 3.63) is 28.2 Å². The topological polar surface area (TPSA) is 21.3 Å². The lowest BCUT2D eigenvalue weighted by molar-refractivity contribution is 0.217. The van der Waals surface area contributed by atoms with Gasteiger partial charge in [0.15, 0.2) is 0 Å². The van der Waals surface area contributed by atoms with E-state index in [-0.39, 0.29) is 0 Å². The first-order valence-electron chi connectivity index (χ1n) is 5.85. The molecule has 88 valence electrons. The molecule has 1 aliphatic rings. The standard InChI is InChI=1S/C13H18BrNO/c1-10-4-5-12(14)7-13(10)16-9-11-3-2-6-15-8-11/h4-5,7,11,15H,2-3,6,8-9H2,1H3. The summed E-state index contributed by atoms with van der Waals surface area (Å²) in [5.74, 6) is 1.66. The van der Waals surface area contributed by atoms with Crippen molar-refractivity contribution in [1.82, 2.24) is 5.32 Å². The quantitative estimate of drug-likeness (QED) is 0.920. The van der Waals surface area contributed by atoms with E-state index in [0.717, 1.165) is 29.9 Å². The molecule has 16 heavy (non-hydrogen) atoms. The minimum atomic E-state index is 0.659. The minimum absolute atomic E-state index is 0.659. The molecule has 2 rings (SSSR count). The maximum Gasteiger partial charge on any atom is 0.123 e. The zero-order valence-electron chi connectivity index (χ0n) is 9.63. The molecule has 2 nitrogen and oxygen atoms in total. The van der Waals surface area contributed by atoms with Crippen LogP contribution in [0.4, 0.5) is 0 Å². The highest BCUT2D eigenvalue weighted by atomic mass is 79.9. The van der Waals surface area contributed by atoms with Gasteiger partial charge in [0.1, 0.15) is 5.75 Å². The van der Waals surface area contributed by atoms with Crippen LogP contribution in [-0.2, 0) is 0 Å². The van der Waals surface area contributed by atoms with Gasteiger partial charge in [-0.2, -0.15) is 0 Å². The molecule has 0 saturated carbocycles. The van der Waals surface area contributed by atoms with Crippen LogP contribution < -0.4 is 10.1 Å². The average molecular weight is 284 g/mol. The molecule has 3 heteroatoms. The third-order valence-corrected chi connectivity index (χ3v) is 3.52. The van der Waals surface area contributed by atoms with Crippen LogP contribution >= 0.6 is 15.9 Å². The normalized spacial score (nSPS) is 20.8. The molecule has 1 unspecified atom stereocenters. The van der Waals surface area contributed by atoms with E-state index in [1.165, 1.54) is 18.4 Å². The van der Waals surface area contributed by atoms with Crippen molar-refractivity contribution in [1.29, 1.82) is 0 Å².